The van der Waals surface area contributed by atoms with Gasteiger partial charge in [0.25, 0.3) is 5.91 Å². The van der Waals surface area contributed by atoms with Crippen LogP contribution in [0, 0.1) is 0 Å². The smallest absolute Gasteiger partial charge is 0.280 e. The second kappa shape index (κ2) is 8.26. The number of hydrazone groups is 1. The van der Waals surface area contributed by atoms with Crippen LogP contribution < -0.4 is 10.2 Å². The third-order valence-electron chi connectivity index (χ3n) is 3.55. The molecule has 1 atom stereocenters. The van der Waals surface area contributed by atoms with Gasteiger partial charge in [-0.3, -0.25) is 4.79 Å². The summed E-state index contributed by atoms with van der Waals surface area (Å²) in [4.78, 5) is 13.0. The molecule has 0 saturated carbocycles. The number of hydrogen-bond acceptors (Lipinski definition) is 4. The monoisotopic (exact) mass is 350 g/mol. The van der Waals surface area contributed by atoms with Gasteiger partial charge >= 0.3 is 0 Å². The largest absolute Gasteiger partial charge is 0.481 e. The van der Waals surface area contributed by atoms with Gasteiger partial charge < -0.3 is 4.74 Å². The minimum atomic E-state index is -0.636. The lowest BCUT2D eigenvalue weighted by Gasteiger charge is -2.13. The average Bonchev–Trinajstić information content (AvgIpc) is 3.16. The molecule has 0 aliphatic carbocycles. The van der Waals surface area contributed by atoms with Gasteiger partial charge in [-0.1, -0.05) is 48.5 Å². The third kappa shape index (κ3) is 4.78. The molecule has 0 radical (unpaired) electrons. The van der Waals surface area contributed by atoms with E-state index < -0.39 is 6.10 Å². The first-order valence-electron chi connectivity index (χ1n) is 7.91. The molecule has 0 aliphatic rings. The van der Waals surface area contributed by atoms with Crippen molar-refractivity contribution in [1.29, 1.82) is 0 Å². The molecular weight excluding hydrogens is 332 g/mol. The Morgan fingerprint density at radius 1 is 1.04 bits per heavy atom. The quantitative estimate of drug-likeness (QED) is 0.531. The molecule has 3 aromatic rings. The average molecular weight is 350 g/mol. The van der Waals surface area contributed by atoms with Crippen molar-refractivity contribution in [2.75, 3.05) is 0 Å². The minimum absolute atomic E-state index is 0.292. The number of nitrogens with one attached hydrogen (secondary N) is 1. The standard InChI is InChI=1S/C20H18N2O2S/c1-15(20(23)22-21-14-19-8-5-13-25-19)24-18-11-9-17(10-12-18)16-6-3-2-4-7-16/h2-15H,1H3,(H,22,23)/b21-14-/t15-/m1/s1. The first-order chi connectivity index (χ1) is 12.2. The highest BCUT2D eigenvalue weighted by atomic mass is 32.1. The summed E-state index contributed by atoms with van der Waals surface area (Å²) in [5.41, 5.74) is 4.73. The van der Waals surface area contributed by atoms with Crippen molar-refractivity contribution in [2.24, 2.45) is 5.10 Å². The van der Waals surface area contributed by atoms with Crippen molar-refractivity contribution in [1.82, 2.24) is 5.43 Å². The summed E-state index contributed by atoms with van der Waals surface area (Å²) < 4.78 is 5.67. The molecule has 1 N–H and O–H groups in total. The number of carbonyl (C=O) groups is 1. The summed E-state index contributed by atoms with van der Waals surface area (Å²) in [6.07, 6.45) is 0.979. The van der Waals surface area contributed by atoms with E-state index in [1.165, 1.54) is 0 Å². The summed E-state index contributed by atoms with van der Waals surface area (Å²) in [7, 11) is 0. The molecule has 1 amide bonds. The number of rotatable bonds is 6. The zero-order valence-electron chi connectivity index (χ0n) is 13.8. The lowest BCUT2D eigenvalue weighted by molar-refractivity contribution is -0.127. The van der Waals surface area contributed by atoms with Crippen LogP contribution in [-0.2, 0) is 4.79 Å². The lowest BCUT2D eigenvalue weighted by Crippen LogP contribution is -2.33. The van der Waals surface area contributed by atoms with Gasteiger partial charge in [0, 0.05) is 4.88 Å². The molecule has 0 aliphatic heterocycles. The van der Waals surface area contributed by atoms with Gasteiger partial charge in [-0.25, -0.2) is 5.43 Å². The predicted molar refractivity (Wildman–Crippen MR) is 102 cm³/mol. The second-order valence-electron chi connectivity index (χ2n) is 5.40. The molecule has 0 saturated heterocycles. The third-order valence-corrected chi connectivity index (χ3v) is 4.36. The molecule has 126 valence electrons. The van der Waals surface area contributed by atoms with E-state index in [-0.39, 0.29) is 5.91 Å². The zero-order valence-corrected chi connectivity index (χ0v) is 14.6. The Labute approximate surface area is 150 Å². The van der Waals surface area contributed by atoms with Crippen molar-refractivity contribution in [3.63, 3.8) is 0 Å². The van der Waals surface area contributed by atoms with Gasteiger partial charge in [0.05, 0.1) is 6.21 Å². The highest BCUT2D eigenvalue weighted by Gasteiger charge is 2.13. The molecule has 0 bridgehead atoms. The summed E-state index contributed by atoms with van der Waals surface area (Å²) in [6, 6.07) is 21.6. The van der Waals surface area contributed by atoms with Gasteiger partial charge in [-0.05, 0) is 41.6 Å². The number of hydrogen-bond donors (Lipinski definition) is 1. The first-order valence-corrected chi connectivity index (χ1v) is 8.79. The molecule has 0 fully saturated rings. The van der Waals surface area contributed by atoms with Crippen molar-refractivity contribution in [3.05, 3.63) is 77.0 Å². The molecule has 1 aromatic heterocycles. The second-order valence-corrected chi connectivity index (χ2v) is 6.38. The van der Waals surface area contributed by atoms with Crippen LogP contribution >= 0.6 is 11.3 Å². The van der Waals surface area contributed by atoms with Crippen LogP contribution in [0.4, 0.5) is 0 Å². The maximum Gasteiger partial charge on any atom is 0.280 e. The number of nitrogens with zero attached hydrogens (tertiary/aromatic N) is 1. The maximum absolute atomic E-state index is 12.0. The van der Waals surface area contributed by atoms with Gasteiger partial charge in [0.1, 0.15) is 5.75 Å². The molecule has 0 unspecified atom stereocenters. The van der Waals surface area contributed by atoms with E-state index in [1.807, 2.05) is 60.0 Å². The summed E-state index contributed by atoms with van der Waals surface area (Å²) >= 11 is 1.55. The summed E-state index contributed by atoms with van der Waals surface area (Å²) in [5, 5.41) is 5.89. The number of thiophene rings is 1. The fourth-order valence-electron chi connectivity index (χ4n) is 2.23. The van der Waals surface area contributed by atoms with Crippen LogP contribution in [0.25, 0.3) is 11.1 Å². The Kier molecular flexibility index (Phi) is 5.59. The Balaban J connectivity index is 1.55. The van der Waals surface area contributed by atoms with Gasteiger partial charge in [-0.15, -0.1) is 11.3 Å². The Hall–Kier alpha value is -2.92. The lowest BCUT2D eigenvalue weighted by atomic mass is 10.1. The van der Waals surface area contributed by atoms with Crippen LogP contribution in [0.3, 0.4) is 0 Å². The Bertz CT molecular complexity index is 828. The van der Waals surface area contributed by atoms with E-state index in [4.69, 9.17) is 4.74 Å². The molecule has 4 nitrogen and oxygen atoms in total. The van der Waals surface area contributed by atoms with Gasteiger partial charge in [-0.2, -0.15) is 5.10 Å². The number of amides is 1. The number of carbonyl (C=O) groups excluding carboxylic acids is 1. The van der Waals surface area contributed by atoms with E-state index in [2.05, 4.69) is 22.7 Å². The first kappa shape index (κ1) is 16.9. The SMILES string of the molecule is C[C@@H](Oc1ccc(-c2ccccc2)cc1)C(=O)N/N=C\c1cccs1. The van der Waals surface area contributed by atoms with Crippen molar-refractivity contribution < 1.29 is 9.53 Å². The molecule has 5 heteroatoms. The predicted octanol–water partition coefficient (Wildman–Crippen LogP) is 4.33. The topological polar surface area (TPSA) is 50.7 Å². The van der Waals surface area contributed by atoms with Crippen LogP contribution in [-0.4, -0.2) is 18.2 Å². The molecule has 3 rings (SSSR count). The summed E-state index contributed by atoms with van der Waals surface area (Å²) in [6.45, 7) is 1.70. The fourth-order valence-corrected chi connectivity index (χ4v) is 2.81. The van der Waals surface area contributed by atoms with Gasteiger partial charge in [0.15, 0.2) is 6.10 Å². The fraction of sp³-hybridized carbons (Fsp3) is 0.100. The van der Waals surface area contributed by atoms with E-state index in [1.54, 1.807) is 24.5 Å². The minimum Gasteiger partial charge on any atom is -0.481 e. The van der Waals surface area contributed by atoms with Crippen LogP contribution in [0.5, 0.6) is 5.75 Å². The van der Waals surface area contributed by atoms with E-state index in [9.17, 15) is 4.79 Å². The van der Waals surface area contributed by atoms with Crippen LogP contribution in [0.2, 0.25) is 0 Å². The number of ether oxygens (including phenoxy) is 1. The maximum atomic E-state index is 12.0. The van der Waals surface area contributed by atoms with Crippen LogP contribution in [0.15, 0.2) is 77.2 Å². The molecule has 1 heterocycles. The van der Waals surface area contributed by atoms with E-state index >= 15 is 0 Å². The molecule has 2 aromatic carbocycles. The Morgan fingerprint density at radius 2 is 1.76 bits per heavy atom. The Morgan fingerprint density at radius 3 is 2.44 bits per heavy atom. The molecule has 0 spiro atoms. The number of benzene rings is 2. The zero-order chi connectivity index (χ0) is 17.5. The normalized spacial score (nSPS) is 12.0. The highest BCUT2D eigenvalue weighted by Crippen LogP contribution is 2.22. The highest BCUT2D eigenvalue weighted by molar-refractivity contribution is 7.11. The van der Waals surface area contributed by atoms with Crippen LogP contribution in [0.1, 0.15) is 11.8 Å². The molecule has 25 heavy (non-hydrogen) atoms. The van der Waals surface area contributed by atoms with Gasteiger partial charge in [0.2, 0.25) is 0 Å². The van der Waals surface area contributed by atoms with Crippen molar-refractivity contribution in [3.8, 4) is 16.9 Å². The molecular formula is C20H18N2O2S. The van der Waals surface area contributed by atoms with Crippen molar-refractivity contribution >= 4 is 23.5 Å². The van der Waals surface area contributed by atoms with E-state index in [0.717, 1.165) is 16.0 Å². The van der Waals surface area contributed by atoms with Crippen molar-refractivity contribution in [2.45, 2.75) is 13.0 Å². The summed E-state index contributed by atoms with van der Waals surface area (Å²) in [5.74, 6) is 0.351. The van der Waals surface area contributed by atoms with E-state index in [0.29, 0.717) is 5.75 Å².